The van der Waals surface area contributed by atoms with Crippen LogP contribution < -0.4 is 0 Å². The van der Waals surface area contributed by atoms with E-state index in [4.69, 9.17) is 5.10 Å². The minimum Gasteiger partial charge on any atom is -0.237 e. The summed E-state index contributed by atoms with van der Waals surface area (Å²) in [5.74, 6) is 0.482. The lowest BCUT2D eigenvalue weighted by Crippen LogP contribution is -2.02. The second-order valence-electron chi connectivity index (χ2n) is 4.92. The summed E-state index contributed by atoms with van der Waals surface area (Å²) in [5.41, 5.74) is 5.19. The van der Waals surface area contributed by atoms with E-state index in [2.05, 4.69) is 56.6 Å². The highest BCUT2D eigenvalue weighted by molar-refractivity contribution is 5.38. The van der Waals surface area contributed by atoms with Crippen molar-refractivity contribution in [1.82, 2.24) is 9.78 Å². The summed E-state index contributed by atoms with van der Waals surface area (Å²) < 4.78 is 2.12. The van der Waals surface area contributed by atoms with Crippen LogP contribution in [0, 0.1) is 0 Å². The van der Waals surface area contributed by atoms with Crippen molar-refractivity contribution in [3.05, 3.63) is 47.3 Å². The Morgan fingerprint density at radius 1 is 1.06 bits per heavy atom. The number of rotatable bonds is 4. The maximum absolute atomic E-state index is 4.84. The predicted molar refractivity (Wildman–Crippen MR) is 76.4 cm³/mol. The molecular weight excluding hydrogens is 220 g/mol. The summed E-state index contributed by atoms with van der Waals surface area (Å²) in [7, 11) is 0. The lowest BCUT2D eigenvalue weighted by molar-refractivity contribution is 0.750. The van der Waals surface area contributed by atoms with Crippen LogP contribution in [0.4, 0.5) is 0 Å². The van der Waals surface area contributed by atoms with Gasteiger partial charge in [-0.25, -0.2) is 4.68 Å². The summed E-state index contributed by atoms with van der Waals surface area (Å²) in [4.78, 5) is 0. The summed E-state index contributed by atoms with van der Waals surface area (Å²) in [5, 5.41) is 4.84. The van der Waals surface area contributed by atoms with Gasteiger partial charge in [0.15, 0.2) is 0 Å². The third-order valence-corrected chi connectivity index (χ3v) is 3.36. The quantitative estimate of drug-likeness (QED) is 0.788. The molecule has 2 heteroatoms. The van der Waals surface area contributed by atoms with E-state index in [0.29, 0.717) is 5.92 Å². The molecule has 1 aromatic carbocycles. The van der Waals surface area contributed by atoms with Crippen molar-refractivity contribution in [3.8, 4) is 5.69 Å². The second-order valence-corrected chi connectivity index (χ2v) is 4.92. The zero-order valence-corrected chi connectivity index (χ0v) is 11.8. The highest BCUT2D eigenvalue weighted by Crippen LogP contribution is 2.25. The zero-order valence-electron chi connectivity index (χ0n) is 11.8. The Labute approximate surface area is 110 Å². The first-order valence-electron chi connectivity index (χ1n) is 6.85. The molecule has 0 bridgehead atoms. The van der Waals surface area contributed by atoms with E-state index < -0.39 is 0 Å². The van der Waals surface area contributed by atoms with Gasteiger partial charge in [-0.1, -0.05) is 45.9 Å². The van der Waals surface area contributed by atoms with Gasteiger partial charge in [0.25, 0.3) is 0 Å². The molecule has 0 radical (unpaired) electrons. The Kier molecular flexibility index (Phi) is 3.85. The number of para-hydroxylation sites is 1. The molecule has 0 fully saturated rings. The topological polar surface area (TPSA) is 17.8 Å². The van der Waals surface area contributed by atoms with Crippen molar-refractivity contribution >= 4 is 0 Å². The number of aromatic nitrogens is 2. The molecule has 2 aromatic rings. The van der Waals surface area contributed by atoms with E-state index in [1.54, 1.807) is 0 Å². The molecule has 2 rings (SSSR count). The van der Waals surface area contributed by atoms with E-state index >= 15 is 0 Å². The van der Waals surface area contributed by atoms with Gasteiger partial charge in [-0.15, -0.1) is 0 Å². The molecule has 18 heavy (non-hydrogen) atoms. The monoisotopic (exact) mass is 242 g/mol. The SMILES string of the molecule is CCc1c(C(C)C)nn(-c2ccccc2)c1CC. The summed E-state index contributed by atoms with van der Waals surface area (Å²) in [6.07, 6.45) is 2.08. The number of hydrogen-bond donors (Lipinski definition) is 0. The largest absolute Gasteiger partial charge is 0.237 e. The van der Waals surface area contributed by atoms with E-state index in [1.165, 1.54) is 17.0 Å². The first kappa shape index (κ1) is 12.9. The van der Waals surface area contributed by atoms with E-state index in [9.17, 15) is 0 Å². The van der Waals surface area contributed by atoms with Crippen LogP contribution in [0.25, 0.3) is 5.69 Å². The minimum atomic E-state index is 0.482. The normalized spacial score (nSPS) is 11.2. The van der Waals surface area contributed by atoms with Crippen molar-refractivity contribution in [2.75, 3.05) is 0 Å². The third-order valence-electron chi connectivity index (χ3n) is 3.36. The summed E-state index contributed by atoms with van der Waals surface area (Å²) >= 11 is 0. The summed E-state index contributed by atoms with van der Waals surface area (Å²) in [6.45, 7) is 8.86. The molecule has 0 unspecified atom stereocenters. The average molecular weight is 242 g/mol. The Bertz CT molecular complexity index is 509. The first-order chi connectivity index (χ1) is 8.69. The molecule has 0 aliphatic rings. The Hall–Kier alpha value is -1.57. The molecule has 2 nitrogen and oxygen atoms in total. The maximum Gasteiger partial charge on any atom is 0.0689 e. The first-order valence-corrected chi connectivity index (χ1v) is 6.85. The molecule has 1 aromatic heterocycles. The van der Waals surface area contributed by atoms with Gasteiger partial charge in [-0.3, -0.25) is 0 Å². The molecule has 0 saturated heterocycles. The van der Waals surface area contributed by atoms with Gasteiger partial charge in [-0.05, 0) is 36.5 Å². The summed E-state index contributed by atoms with van der Waals surface area (Å²) in [6, 6.07) is 10.4. The maximum atomic E-state index is 4.84. The molecule has 0 aliphatic heterocycles. The molecular formula is C16H22N2. The van der Waals surface area contributed by atoms with Gasteiger partial charge in [0.1, 0.15) is 0 Å². The van der Waals surface area contributed by atoms with Crippen LogP contribution in [0.5, 0.6) is 0 Å². The van der Waals surface area contributed by atoms with Gasteiger partial charge < -0.3 is 0 Å². The van der Waals surface area contributed by atoms with Gasteiger partial charge in [0, 0.05) is 5.69 Å². The minimum absolute atomic E-state index is 0.482. The van der Waals surface area contributed by atoms with Crippen molar-refractivity contribution in [2.45, 2.75) is 46.5 Å². The van der Waals surface area contributed by atoms with E-state index in [-0.39, 0.29) is 0 Å². The van der Waals surface area contributed by atoms with Gasteiger partial charge >= 0.3 is 0 Å². The van der Waals surface area contributed by atoms with Crippen LogP contribution in [0.3, 0.4) is 0 Å². The Morgan fingerprint density at radius 2 is 1.72 bits per heavy atom. The van der Waals surface area contributed by atoms with Crippen LogP contribution in [-0.4, -0.2) is 9.78 Å². The molecule has 0 amide bonds. The fourth-order valence-electron chi connectivity index (χ4n) is 2.50. The highest BCUT2D eigenvalue weighted by atomic mass is 15.3. The predicted octanol–water partition coefficient (Wildman–Crippen LogP) is 4.12. The second kappa shape index (κ2) is 5.38. The number of hydrogen-bond acceptors (Lipinski definition) is 1. The molecule has 0 N–H and O–H groups in total. The lowest BCUT2D eigenvalue weighted by atomic mass is 10.0. The highest BCUT2D eigenvalue weighted by Gasteiger charge is 2.17. The van der Waals surface area contributed by atoms with Crippen molar-refractivity contribution in [1.29, 1.82) is 0 Å². The standard InChI is InChI=1S/C16H22N2/c1-5-14-15(6-2)18(17-16(14)12(3)4)13-10-8-7-9-11-13/h7-12H,5-6H2,1-4H3. The molecule has 1 heterocycles. The van der Waals surface area contributed by atoms with Crippen molar-refractivity contribution in [3.63, 3.8) is 0 Å². The van der Waals surface area contributed by atoms with Gasteiger partial charge in [-0.2, -0.15) is 5.10 Å². The molecule has 0 saturated carbocycles. The van der Waals surface area contributed by atoms with Crippen molar-refractivity contribution < 1.29 is 0 Å². The third kappa shape index (κ3) is 2.20. The van der Waals surface area contributed by atoms with Crippen LogP contribution in [0.1, 0.15) is 50.6 Å². The average Bonchev–Trinajstić information content (AvgIpc) is 2.78. The number of nitrogens with zero attached hydrogens (tertiary/aromatic N) is 2. The molecule has 0 atom stereocenters. The van der Waals surface area contributed by atoms with Gasteiger partial charge in [0.05, 0.1) is 11.4 Å². The molecule has 0 spiro atoms. The van der Waals surface area contributed by atoms with Crippen LogP contribution in [0.15, 0.2) is 30.3 Å². The fourth-order valence-corrected chi connectivity index (χ4v) is 2.50. The lowest BCUT2D eigenvalue weighted by Gasteiger charge is -2.06. The molecule has 96 valence electrons. The zero-order chi connectivity index (χ0) is 13.1. The van der Waals surface area contributed by atoms with Crippen molar-refractivity contribution in [2.24, 2.45) is 0 Å². The Balaban J connectivity index is 2.61. The fraction of sp³-hybridized carbons (Fsp3) is 0.438. The van der Waals surface area contributed by atoms with Crippen LogP contribution in [-0.2, 0) is 12.8 Å². The number of benzene rings is 1. The smallest absolute Gasteiger partial charge is 0.0689 e. The van der Waals surface area contributed by atoms with E-state index in [1.807, 2.05) is 6.07 Å². The Morgan fingerprint density at radius 3 is 2.22 bits per heavy atom. The van der Waals surface area contributed by atoms with Gasteiger partial charge in [0.2, 0.25) is 0 Å². The van der Waals surface area contributed by atoms with Crippen LogP contribution >= 0.6 is 0 Å². The molecule has 0 aliphatic carbocycles. The van der Waals surface area contributed by atoms with E-state index in [0.717, 1.165) is 18.5 Å². The van der Waals surface area contributed by atoms with Crippen LogP contribution in [0.2, 0.25) is 0 Å².